The fourth-order valence-electron chi connectivity index (χ4n) is 2.90. The van der Waals surface area contributed by atoms with E-state index in [4.69, 9.17) is 5.73 Å². The molecule has 0 amide bonds. The van der Waals surface area contributed by atoms with Gasteiger partial charge in [0.15, 0.2) is 5.78 Å². The minimum absolute atomic E-state index is 0.0646. The molecule has 0 heterocycles. The van der Waals surface area contributed by atoms with Gasteiger partial charge in [-0.15, -0.1) is 0 Å². The Kier molecular flexibility index (Phi) is 5.11. The summed E-state index contributed by atoms with van der Waals surface area (Å²) in [5.41, 5.74) is 8.37. The van der Waals surface area contributed by atoms with E-state index in [1.807, 2.05) is 42.5 Å². The summed E-state index contributed by atoms with van der Waals surface area (Å²) < 4.78 is 0. The van der Waals surface area contributed by atoms with E-state index in [0.29, 0.717) is 12.0 Å². The van der Waals surface area contributed by atoms with Gasteiger partial charge in [-0.25, -0.2) is 0 Å². The molecule has 2 atom stereocenters. The van der Waals surface area contributed by atoms with E-state index in [2.05, 4.69) is 19.1 Å². The molecule has 0 fully saturated rings. The molecule has 0 bridgehead atoms. The zero-order chi connectivity index (χ0) is 16.2. The molecular formula is C19H23NO2. The van der Waals surface area contributed by atoms with Crippen LogP contribution in [0.15, 0.2) is 54.6 Å². The van der Waals surface area contributed by atoms with Crippen molar-refractivity contribution < 1.29 is 9.90 Å². The number of nitrogens with two attached hydrogens (primary N) is 1. The van der Waals surface area contributed by atoms with Gasteiger partial charge in [-0.3, -0.25) is 4.79 Å². The maximum atomic E-state index is 11.4. The highest BCUT2D eigenvalue weighted by molar-refractivity contribution is 5.94. The number of rotatable bonds is 6. The summed E-state index contributed by atoms with van der Waals surface area (Å²) >= 11 is 0. The average molecular weight is 297 g/mol. The van der Waals surface area contributed by atoms with Crippen LogP contribution in [0.1, 0.15) is 41.8 Å². The summed E-state index contributed by atoms with van der Waals surface area (Å²) in [5, 5.41) is 9.68. The van der Waals surface area contributed by atoms with Gasteiger partial charge in [0.2, 0.25) is 0 Å². The van der Waals surface area contributed by atoms with Crippen LogP contribution in [-0.2, 0) is 11.8 Å². The molecule has 0 aliphatic rings. The molecule has 0 aromatic heterocycles. The molecule has 0 aliphatic heterocycles. The van der Waals surface area contributed by atoms with Gasteiger partial charge in [-0.05, 0) is 30.9 Å². The van der Waals surface area contributed by atoms with E-state index in [0.717, 1.165) is 17.5 Å². The second kappa shape index (κ2) is 6.86. The second-order valence-electron chi connectivity index (χ2n) is 6.13. The van der Waals surface area contributed by atoms with E-state index in [-0.39, 0.29) is 11.2 Å². The van der Waals surface area contributed by atoms with Gasteiger partial charge in [-0.1, -0.05) is 61.5 Å². The highest BCUT2D eigenvalue weighted by Gasteiger charge is 2.28. The Labute approximate surface area is 131 Å². The Morgan fingerprint density at radius 3 is 2.23 bits per heavy atom. The maximum Gasteiger partial charge on any atom is 0.159 e. The highest BCUT2D eigenvalue weighted by Crippen LogP contribution is 2.32. The molecule has 3 nitrogen and oxygen atoms in total. The van der Waals surface area contributed by atoms with Gasteiger partial charge in [0.05, 0.1) is 0 Å². The van der Waals surface area contributed by atoms with E-state index in [9.17, 15) is 9.90 Å². The fraction of sp³-hybridized carbons (Fsp3) is 0.316. The summed E-state index contributed by atoms with van der Waals surface area (Å²) in [4.78, 5) is 11.4. The Bertz CT molecular complexity index is 620. The van der Waals surface area contributed by atoms with E-state index in [1.54, 1.807) is 6.92 Å². The minimum atomic E-state index is -0.860. The van der Waals surface area contributed by atoms with Crippen molar-refractivity contribution in [3.8, 4) is 0 Å². The number of benzene rings is 2. The number of ketones is 1. The summed E-state index contributed by atoms with van der Waals surface area (Å²) in [7, 11) is 0. The van der Waals surface area contributed by atoms with Crippen molar-refractivity contribution in [2.24, 2.45) is 5.73 Å². The van der Waals surface area contributed by atoms with Gasteiger partial charge in [-0.2, -0.15) is 0 Å². The van der Waals surface area contributed by atoms with Crippen molar-refractivity contribution in [3.05, 3.63) is 71.3 Å². The van der Waals surface area contributed by atoms with E-state index < -0.39 is 6.23 Å². The van der Waals surface area contributed by atoms with Crippen molar-refractivity contribution >= 4 is 5.78 Å². The number of aliphatic hydroxyl groups excluding tert-OH is 1. The molecule has 2 aromatic carbocycles. The molecule has 1 unspecified atom stereocenters. The maximum absolute atomic E-state index is 11.4. The standard InChI is InChI=1S/C19H23NO2/c1-14(21)16-10-8-15(9-11-16)12-19(2,13-18(20)22)17-6-4-3-5-7-17/h3-11,18,22H,12-13,20H2,1-2H3/t18-,19?/m1/s1. The normalized spacial score (nSPS) is 15.1. The number of hydrogen-bond acceptors (Lipinski definition) is 3. The van der Waals surface area contributed by atoms with Crippen molar-refractivity contribution in [1.29, 1.82) is 0 Å². The minimum Gasteiger partial charge on any atom is -0.379 e. The Morgan fingerprint density at radius 1 is 1.14 bits per heavy atom. The predicted molar refractivity (Wildman–Crippen MR) is 88.8 cm³/mol. The molecule has 22 heavy (non-hydrogen) atoms. The fourth-order valence-corrected chi connectivity index (χ4v) is 2.90. The summed E-state index contributed by atoms with van der Waals surface area (Å²) in [6.07, 6.45) is 0.372. The second-order valence-corrected chi connectivity index (χ2v) is 6.13. The van der Waals surface area contributed by atoms with Gasteiger partial charge in [0.25, 0.3) is 0 Å². The largest absolute Gasteiger partial charge is 0.379 e. The van der Waals surface area contributed by atoms with Crippen molar-refractivity contribution in [1.82, 2.24) is 0 Å². The van der Waals surface area contributed by atoms with Crippen molar-refractivity contribution in [2.45, 2.75) is 38.3 Å². The van der Waals surface area contributed by atoms with Gasteiger partial charge in [0.1, 0.15) is 6.23 Å². The smallest absolute Gasteiger partial charge is 0.159 e. The molecule has 0 saturated carbocycles. The number of Topliss-reactive ketones (excluding diaryl/α,β-unsaturated/α-hetero) is 1. The van der Waals surface area contributed by atoms with Crippen molar-refractivity contribution in [3.63, 3.8) is 0 Å². The van der Waals surface area contributed by atoms with Crippen LogP contribution in [0.2, 0.25) is 0 Å². The summed E-state index contributed by atoms with van der Waals surface area (Å²) in [6, 6.07) is 17.7. The highest BCUT2D eigenvalue weighted by atomic mass is 16.3. The van der Waals surface area contributed by atoms with Crippen LogP contribution in [0.5, 0.6) is 0 Å². The van der Waals surface area contributed by atoms with Crippen LogP contribution >= 0.6 is 0 Å². The molecule has 116 valence electrons. The zero-order valence-corrected chi connectivity index (χ0v) is 13.1. The van der Waals surface area contributed by atoms with E-state index in [1.165, 1.54) is 0 Å². The van der Waals surface area contributed by atoms with E-state index >= 15 is 0 Å². The predicted octanol–water partition coefficient (Wildman–Crippen LogP) is 3.06. The number of carbonyl (C=O) groups excluding carboxylic acids is 1. The number of aliphatic hydroxyl groups is 1. The number of carbonyl (C=O) groups is 1. The lowest BCUT2D eigenvalue weighted by atomic mass is 9.74. The molecule has 3 N–H and O–H groups in total. The van der Waals surface area contributed by atoms with Crippen molar-refractivity contribution in [2.75, 3.05) is 0 Å². The third-order valence-electron chi connectivity index (χ3n) is 4.09. The first-order valence-corrected chi connectivity index (χ1v) is 7.50. The van der Waals surface area contributed by atoms with Crippen LogP contribution in [-0.4, -0.2) is 17.1 Å². The van der Waals surface area contributed by atoms with Gasteiger partial charge in [0, 0.05) is 11.0 Å². The lowest BCUT2D eigenvalue weighted by molar-refractivity contribution is 0.101. The zero-order valence-electron chi connectivity index (χ0n) is 13.1. The van der Waals surface area contributed by atoms with Crippen LogP contribution in [0.4, 0.5) is 0 Å². The average Bonchev–Trinajstić information content (AvgIpc) is 2.48. The summed E-state index contributed by atoms with van der Waals surface area (Å²) in [5.74, 6) is 0.0646. The Balaban J connectivity index is 2.28. The van der Waals surface area contributed by atoms with Gasteiger partial charge >= 0.3 is 0 Å². The monoisotopic (exact) mass is 297 g/mol. The Hall–Kier alpha value is -1.97. The third kappa shape index (κ3) is 4.03. The molecule has 0 radical (unpaired) electrons. The Morgan fingerprint density at radius 2 is 1.73 bits per heavy atom. The lowest BCUT2D eigenvalue weighted by Gasteiger charge is -2.31. The van der Waals surface area contributed by atoms with Gasteiger partial charge < -0.3 is 10.8 Å². The lowest BCUT2D eigenvalue weighted by Crippen LogP contribution is -2.34. The topological polar surface area (TPSA) is 63.3 Å². The van der Waals surface area contributed by atoms with Crippen LogP contribution in [0.3, 0.4) is 0 Å². The molecule has 0 saturated heterocycles. The molecular weight excluding hydrogens is 274 g/mol. The molecule has 2 rings (SSSR count). The number of hydrogen-bond donors (Lipinski definition) is 2. The molecule has 3 heteroatoms. The first kappa shape index (κ1) is 16.4. The third-order valence-corrected chi connectivity index (χ3v) is 4.09. The van der Waals surface area contributed by atoms with Crippen LogP contribution in [0, 0.1) is 0 Å². The van der Waals surface area contributed by atoms with Crippen LogP contribution in [0.25, 0.3) is 0 Å². The van der Waals surface area contributed by atoms with Crippen LogP contribution < -0.4 is 5.73 Å². The first-order valence-electron chi connectivity index (χ1n) is 7.50. The molecule has 0 spiro atoms. The molecule has 0 aliphatic carbocycles. The summed E-state index contributed by atoms with van der Waals surface area (Å²) in [6.45, 7) is 3.67. The quantitative estimate of drug-likeness (QED) is 0.636. The molecule has 2 aromatic rings. The SMILES string of the molecule is CC(=O)c1ccc(CC(C)(C[C@H](N)O)c2ccccc2)cc1. The first-order chi connectivity index (χ1) is 10.4.